The molecule has 0 radical (unpaired) electrons. The average molecular weight is 324 g/mol. The van der Waals surface area contributed by atoms with Crippen LogP contribution in [0, 0.1) is 12.8 Å². The first kappa shape index (κ1) is 15.4. The van der Waals surface area contributed by atoms with E-state index in [1.807, 2.05) is 23.2 Å². The molecule has 1 aliphatic heterocycles. The number of aryl methyl sites for hydroxylation is 1. The molecule has 0 aromatic carbocycles. The molecule has 3 heterocycles. The summed E-state index contributed by atoms with van der Waals surface area (Å²) < 4.78 is 2.40. The predicted molar refractivity (Wildman–Crippen MR) is 91.8 cm³/mol. The van der Waals surface area contributed by atoms with Gasteiger partial charge in [-0.2, -0.15) is 0 Å². The summed E-state index contributed by atoms with van der Waals surface area (Å²) in [5, 5.41) is 0. The summed E-state index contributed by atoms with van der Waals surface area (Å²) in [7, 11) is 0. The third-order valence-electron chi connectivity index (χ3n) is 5.48. The fourth-order valence-electron chi connectivity index (χ4n) is 3.81. The van der Waals surface area contributed by atoms with Crippen LogP contribution in [-0.4, -0.2) is 38.4 Å². The summed E-state index contributed by atoms with van der Waals surface area (Å²) >= 11 is 0. The Morgan fingerprint density at radius 3 is 2.88 bits per heavy atom. The maximum atomic E-state index is 12.6. The molecular formula is C19H24N4O. The largest absolute Gasteiger partial charge is 0.338 e. The molecule has 2 aliphatic rings. The van der Waals surface area contributed by atoms with E-state index in [4.69, 9.17) is 0 Å². The summed E-state index contributed by atoms with van der Waals surface area (Å²) in [6, 6.07) is 3.66. The third kappa shape index (κ3) is 2.83. The molecule has 4 rings (SSSR count). The fourth-order valence-corrected chi connectivity index (χ4v) is 3.81. The van der Waals surface area contributed by atoms with Gasteiger partial charge in [-0.15, -0.1) is 0 Å². The van der Waals surface area contributed by atoms with E-state index in [2.05, 4.69) is 21.5 Å². The summed E-state index contributed by atoms with van der Waals surface area (Å²) in [5.74, 6) is 2.52. The van der Waals surface area contributed by atoms with Gasteiger partial charge in [-0.25, -0.2) is 4.98 Å². The van der Waals surface area contributed by atoms with Gasteiger partial charge in [0.25, 0.3) is 5.91 Å². The number of hydrogen-bond acceptors (Lipinski definition) is 3. The van der Waals surface area contributed by atoms with E-state index in [-0.39, 0.29) is 5.91 Å². The zero-order chi connectivity index (χ0) is 16.5. The van der Waals surface area contributed by atoms with Crippen LogP contribution in [0.1, 0.15) is 53.5 Å². The van der Waals surface area contributed by atoms with Crippen LogP contribution in [0.25, 0.3) is 0 Å². The molecule has 1 amide bonds. The molecule has 2 fully saturated rings. The van der Waals surface area contributed by atoms with Crippen molar-refractivity contribution in [1.82, 2.24) is 19.4 Å². The van der Waals surface area contributed by atoms with Crippen LogP contribution in [0.15, 0.2) is 30.7 Å². The van der Waals surface area contributed by atoms with Crippen molar-refractivity contribution in [3.8, 4) is 0 Å². The van der Waals surface area contributed by atoms with Gasteiger partial charge >= 0.3 is 0 Å². The molecular weight excluding hydrogens is 300 g/mol. The zero-order valence-electron chi connectivity index (χ0n) is 14.2. The lowest BCUT2D eigenvalue weighted by Gasteiger charge is -2.27. The van der Waals surface area contributed by atoms with Crippen LogP contribution >= 0.6 is 0 Å². The Kier molecular flexibility index (Phi) is 4.08. The number of likely N-dealkylation sites (tertiary alicyclic amines) is 1. The lowest BCUT2D eigenvalue weighted by atomic mass is 9.84. The molecule has 5 nitrogen and oxygen atoms in total. The Morgan fingerprint density at radius 2 is 2.17 bits per heavy atom. The number of nitrogens with zero attached hydrogens (tertiary/aromatic N) is 4. The molecule has 0 N–H and O–H groups in total. The van der Waals surface area contributed by atoms with Crippen LogP contribution in [-0.2, 0) is 6.54 Å². The van der Waals surface area contributed by atoms with Crippen LogP contribution in [0.5, 0.6) is 0 Å². The highest BCUT2D eigenvalue weighted by Gasteiger charge is 2.30. The zero-order valence-corrected chi connectivity index (χ0v) is 14.2. The van der Waals surface area contributed by atoms with Crippen molar-refractivity contribution in [1.29, 1.82) is 0 Å². The maximum absolute atomic E-state index is 12.6. The monoisotopic (exact) mass is 324 g/mol. The van der Waals surface area contributed by atoms with Gasteiger partial charge < -0.3 is 9.47 Å². The molecule has 1 atom stereocenters. The second-order valence-electron chi connectivity index (χ2n) is 7.14. The Morgan fingerprint density at radius 1 is 1.29 bits per heavy atom. The van der Waals surface area contributed by atoms with E-state index < -0.39 is 0 Å². The maximum Gasteiger partial charge on any atom is 0.255 e. The number of rotatable bonds is 4. The van der Waals surface area contributed by atoms with Crippen LogP contribution in [0.3, 0.4) is 0 Å². The highest BCUT2D eigenvalue weighted by Crippen LogP contribution is 2.36. The topological polar surface area (TPSA) is 51.0 Å². The number of amides is 1. The van der Waals surface area contributed by atoms with Gasteiger partial charge in [-0.3, -0.25) is 9.78 Å². The summed E-state index contributed by atoms with van der Waals surface area (Å²) in [6.45, 7) is 4.79. The van der Waals surface area contributed by atoms with E-state index in [0.717, 1.165) is 26.1 Å². The minimum Gasteiger partial charge on any atom is -0.338 e. The molecule has 1 saturated heterocycles. The summed E-state index contributed by atoms with van der Waals surface area (Å²) in [6.07, 6.45) is 10.3. The first-order valence-corrected chi connectivity index (χ1v) is 8.93. The second kappa shape index (κ2) is 6.38. The molecule has 0 spiro atoms. The summed E-state index contributed by atoms with van der Waals surface area (Å²) in [4.78, 5) is 23.2. The minimum atomic E-state index is 0.104. The molecule has 1 saturated carbocycles. The number of hydrogen-bond donors (Lipinski definition) is 0. The molecule has 2 aromatic heterocycles. The highest BCUT2D eigenvalue weighted by molar-refractivity contribution is 5.94. The number of carbonyl (C=O) groups is 1. The summed E-state index contributed by atoms with van der Waals surface area (Å²) in [5.41, 5.74) is 1.93. The van der Waals surface area contributed by atoms with Crippen molar-refractivity contribution in [3.63, 3.8) is 0 Å². The third-order valence-corrected chi connectivity index (χ3v) is 5.48. The second-order valence-corrected chi connectivity index (χ2v) is 7.14. The van der Waals surface area contributed by atoms with Gasteiger partial charge in [0.15, 0.2) is 0 Å². The highest BCUT2D eigenvalue weighted by atomic mass is 16.2. The Hall–Kier alpha value is -2.17. The van der Waals surface area contributed by atoms with Crippen molar-refractivity contribution in [2.75, 3.05) is 13.1 Å². The molecule has 1 unspecified atom stereocenters. The normalized spacial score (nSPS) is 21.0. The van der Waals surface area contributed by atoms with Gasteiger partial charge in [0.2, 0.25) is 0 Å². The molecule has 2 aromatic rings. The van der Waals surface area contributed by atoms with Gasteiger partial charge in [0.1, 0.15) is 5.82 Å². The quantitative estimate of drug-likeness (QED) is 0.868. The van der Waals surface area contributed by atoms with Crippen molar-refractivity contribution in [2.45, 2.75) is 45.1 Å². The number of pyridine rings is 1. The molecule has 126 valence electrons. The standard InChI is InChI=1S/C19H24N4O/c1-14-10-21-18(16-4-2-5-16)23(14)13-15-7-9-22(12-15)19(24)17-6-3-8-20-11-17/h3,6,8,10-11,15-16H,2,4-5,7,9,12-13H2,1H3. The van der Waals surface area contributed by atoms with Gasteiger partial charge in [0.05, 0.1) is 5.56 Å². The lowest BCUT2D eigenvalue weighted by molar-refractivity contribution is 0.0785. The van der Waals surface area contributed by atoms with E-state index in [1.54, 1.807) is 12.4 Å². The average Bonchev–Trinajstić information content (AvgIpc) is 3.16. The van der Waals surface area contributed by atoms with Crippen molar-refractivity contribution in [2.24, 2.45) is 5.92 Å². The molecule has 24 heavy (non-hydrogen) atoms. The van der Waals surface area contributed by atoms with Crippen molar-refractivity contribution in [3.05, 3.63) is 47.8 Å². The Bertz CT molecular complexity index is 720. The van der Waals surface area contributed by atoms with Crippen LogP contribution in [0.2, 0.25) is 0 Å². The SMILES string of the molecule is Cc1cnc(C2CCC2)n1CC1CCN(C(=O)c2cccnc2)C1. The fraction of sp³-hybridized carbons (Fsp3) is 0.526. The number of imidazole rings is 1. The Balaban J connectivity index is 1.43. The Labute approximate surface area is 142 Å². The lowest BCUT2D eigenvalue weighted by Crippen LogP contribution is -2.29. The van der Waals surface area contributed by atoms with E-state index in [0.29, 0.717) is 17.4 Å². The predicted octanol–water partition coefficient (Wildman–Crippen LogP) is 3.02. The smallest absolute Gasteiger partial charge is 0.255 e. The van der Waals surface area contributed by atoms with E-state index in [1.165, 1.54) is 30.8 Å². The first-order chi connectivity index (χ1) is 11.7. The minimum absolute atomic E-state index is 0.104. The van der Waals surface area contributed by atoms with Crippen LogP contribution in [0.4, 0.5) is 0 Å². The van der Waals surface area contributed by atoms with Crippen LogP contribution < -0.4 is 0 Å². The molecule has 1 aliphatic carbocycles. The van der Waals surface area contributed by atoms with E-state index in [9.17, 15) is 4.79 Å². The molecule has 0 bridgehead atoms. The van der Waals surface area contributed by atoms with Crippen molar-refractivity contribution < 1.29 is 4.79 Å². The molecule has 5 heteroatoms. The van der Waals surface area contributed by atoms with Gasteiger partial charge in [0, 0.05) is 49.8 Å². The van der Waals surface area contributed by atoms with Gasteiger partial charge in [-0.05, 0) is 44.2 Å². The van der Waals surface area contributed by atoms with Gasteiger partial charge in [-0.1, -0.05) is 6.42 Å². The number of aromatic nitrogens is 3. The van der Waals surface area contributed by atoms with E-state index >= 15 is 0 Å². The first-order valence-electron chi connectivity index (χ1n) is 8.93. The van der Waals surface area contributed by atoms with Crippen molar-refractivity contribution >= 4 is 5.91 Å². The number of carbonyl (C=O) groups excluding carboxylic acids is 1.